The van der Waals surface area contributed by atoms with Gasteiger partial charge in [0.15, 0.2) is 0 Å². The first-order valence-electron chi connectivity index (χ1n) is 10.1. The zero-order valence-corrected chi connectivity index (χ0v) is 17.7. The Morgan fingerprint density at radius 2 is 1.75 bits per heavy atom. The first kappa shape index (κ1) is 21.2. The molecule has 0 bridgehead atoms. The summed E-state index contributed by atoms with van der Waals surface area (Å²) in [6.45, 7) is 4.10. The summed E-state index contributed by atoms with van der Waals surface area (Å²) in [6.07, 6.45) is 0.556. The average molecular weight is 431 g/mol. The fourth-order valence-electron chi connectivity index (χ4n) is 4.09. The Hall–Kier alpha value is -4.07. The second kappa shape index (κ2) is 8.22. The third kappa shape index (κ3) is 3.71. The van der Waals surface area contributed by atoms with Gasteiger partial charge in [-0.15, -0.1) is 0 Å². The molecule has 7 nitrogen and oxygen atoms in total. The van der Waals surface area contributed by atoms with Crippen molar-refractivity contribution >= 4 is 22.7 Å². The summed E-state index contributed by atoms with van der Waals surface area (Å²) in [5, 5.41) is 5.13. The molecule has 2 aromatic carbocycles. The summed E-state index contributed by atoms with van der Waals surface area (Å²) in [5.41, 5.74) is 15.0. The summed E-state index contributed by atoms with van der Waals surface area (Å²) in [4.78, 5) is 29.3. The van der Waals surface area contributed by atoms with Crippen molar-refractivity contribution in [1.82, 2.24) is 14.8 Å². The highest BCUT2D eigenvalue weighted by Gasteiger charge is 2.27. The average Bonchev–Trinajstić information content (AvgIpc) is 3.03. The van der Waals surface area contributed by atoms with Crippen LogP contribution in [-0.2, 0) is 13.0 Å². The van der Waals surface area contributed by atoms with E-state index in [9.17, 15) is 14.0 Å². The molecular weight excluding hydrogens is 409 g/mol. The summed E-state index contributed by atoms with van der Waals surface area (Å²) in [5.74, 6) is -1.75. The molecule has 0 aliphatic carbocycles. The van der Waals surface area contributed by atoms with Crippen LogP contribution in [0.3, 0.4) is 0 Å². The highest BCUT2D eigenvalue weighted by atomic mass is 19.1. The number of carbonyl (C=O) groups excluding carboxylic acids is 2. The smallest absolute Gasteiger partial charge is 0.267 e. The Morgan fingerprint density at radius 1 is 1.00 bits per heavy atom. The summed E-state index contributed by atoms with van der Waals surface area (Å²) >= 11 is 0. The minimum atomic E-state index is -0.764. The van der Waals surface area contributed by atoms with Crippen molar-refractivity contribution in [2.75, 3.05) is 0 Å². The van der Waals surface area contributed by atoms with Gasteiger partial charge in [-0.05, 0) is 44.0 Å². The van der Waals surface area contributed by atoms with Gasteiger partial charge >= 0.3 is 0 Å². The number of nitrogens with zero attached hydrogens (tertiary/aromatic N) is 3. The zero-order chi connectivity index (χ0) is 23.0. The first-order chi connectivity index (χ1) is 15.3. The van der Waals surface area contributed by atoms with E-state index in [1.807, 2.05) is 13.0 Å². The zero-order valence-electron chi connectivity index (χ0n) is 17.7. The molecule has 0 radical (unpaired) electrons. The molecule has 2 heterocycles. The van der Waals surface area contributed by atoms with Gasteiger partial charge in [-0.1, -0.05) is 30.3 Å². The molecule has 0 spiro atoms. The molecule has 0 aliphatic heterocycles. The Bertz CT molecular complexity index is 1380. The topological polar surface area (TPSA) is 117 Å². The van der Waals surface area contributed by atoms with Gasteiger partial charge in [0.2, 0.25) is 5.91 Å². The number of halogens is 1. The van der Waals surface area contributed by atoms with E-state index in [0.29, 0.717) is 35.1 Å². The summed E-state index contributed by atoms with van der Waals surface area (Å²) < 4.78 is 15.3. The van der Waals surface area contributed by atoms with E-state index in [2.05, 4.69) is 10.1 Å². The van der Waals surface area contributed by atoms with Crippen molar-refractivity contribution in [3.05, 3.63) is 82.6 Å². The van der Waals surface area contributed by atoms with Gasteiger partial charge in [0, 0.05) is 28.8 Å². The number of carbonyl (C=O) groups is 2. The van der Waals surface area contributed by atoms with Crippen LogP contribution in [-0.4, -0.2) is 26.6 Å². The molecule has 162 valence electrons. The number of fused-ring (bicyclic) bond motifs is 1. The number of pyridine rings is 1. The molecule has 2 aromatic heterocycles. The first-order valence-corrected chi connectivity index (χ1v) is 10.1. The number of benzene rings is 2. The summed E-state index contributed by atoms with van der Waals surface area (Å²) in [7, 11) is 0. The van der Waals surface area contributed by atoms with E-state index in [0.717, 1.165) is 11.3 Å². The van der Waals surface area contributed by atoms with Gasteiger partial charge in [-0.2, -0.15) is 5.10 Å². The highest BCUT2D eigenvalue weighted by molar-refractivity contribution is 6.15. The van der Waals surface area contributed by atoms with E-state index >= 15 is 0 Å². The Balaban J connectivity index is 1.89. The molecule has 2 amide bonds. The molecule has 8 heteroatoms. The molecule has 0 fully saturated rings. The van der Waals surface area contributed by atoms with Crippen LogP contribution in [0.4, 0.5) is 4.39 Å². The maximum atomic E-state index is 13.5. The second-order valence-electron chi connectivity index (χ2n) is 7.60. The number of hydrogen-bond donors (Lipinski definition) is 2. The molecule has 0 unspecified atom stereocenters. The molecule has 32 heavy (non-hydrogen) atoms. The number of rotatable bonds is 6. The fraction of sp³-hybridized carbons (Fsp3) is 0.167. The summed E-state index contributed by atoms with van der Waals surface area (Å²) in [6, 6.07) is 13.3. The number of para-hydroxylation sites is 1. The van der Waals surface area contributed by atoms with Crippen LogP contribution in [0.2, 0.25) is 0 Å². The van der Waals surface area contributed by atoms with Crippen molar-refractivity contribution in [1.29, 1.82) is 0 Å². The Kier molecular flexibility index (Phi) is 5.44. The largest absolute Gasteiger partial charge is 0.366 e. The molecule has 4 rings (SSSR count). The van der Waals surface area contributed by atoms with E-state index in [-0.39, 0.29) is 22.6 Å². The fourth-order valence-corrected chi connectivity index (χ4v) is 4.09. The SMILES string of the molecule is Cc1nn(CCc2cccc(F)c2)c(C)c1-c1c(C(N)=O)nc2ccccc2c1C(N)=O. The van der Waals surface area contributed by atoms with E-state index < -0.39 is 11.8 Å². The van der Waals surface area contributed by atoms with Gasteiger partial charge in [-0.25, -0.2) is 9.37 Å². The van der Waals surface area contributed by atoms with E-state index in [4.69, 9.17) is 11.5 Å². The maximum Gasteiger partial charge on any atom is 0.267 e. The van der Waals surface area contributed by atoms with Crippen LogP contribution in [0, 0.1) is 19.7 Å². The van der Waals surface area contributed by atoms with E-state index in [1.54, 1.807) is 41.9 Å². The van der Waals surface area contributed by atoms with Gasteiger partial charge in [0.1, 0.15) is 11.5 Å². The standard InChI is InChI=1S/C24H22FN5O2/c1-13-19(14(2)30(29-13)11-10-15-6-5-7-16(25)12-15)21-20(23(26)31)17-8-3-4-9-18(17)28-22(21)24(27)32/h3-9,12H,10-11H2,1-2H3,(H2,26,31)(H2,27,32). The minimum Gasteiger partial charge on any atom is -0.366 e. The van der Waals surface area contributed by atoms with Gasteiger partial charge in [0.05, 0.1) is 16.8 Å². The number of aryl methyl sites for hydroxylation is 3. The molecule has 0 aliphatic rings. The lowest BCUT2D eigenvalue weighted by Gasteiger charge is -2.14. The number of amides is 2. The Labute approximate surface area is 183 Å². The van der Waals surface area contributed by atoms with Gasteiger partial charge in [-0.3, -0.25) is 14.3 Å². The number of aromatic nitrogens is 3. The van der Waals surface area contributed by atoms with Crippen LogP contribution in [0.5, 0.6) is 0 Å². The molecule has 0 atom stereocenters. The molecule has 4 aromatic rings. The monoisotopic (exact) mass is 431 g/mol. The predicted molar refractivity (Wildman–Crippen MR) is 120 cm³/mol. The molecule has 0 saturated heterocycles. The van der Waals surface area contributed by atoms with Crippen molar-refractivity contribution in [3.63, 3.8) is 0 Å². The van der Waals surface area contributed by atoms with Crippen molar-refractivity contribution < 1.29 is 14.0 Å². The lowest BCUT2D eigenvalue weighted by Crippen LogP contribution is -2.21. The highest BCUT2D eigenvalue weighted by Crippen LogP contribution is 2.36. The van der Waals surface area contributed by atoms with Gasteiger partial charge in [0.25, 0.3) is 5.91 Å². The second-order valence-corrected chi connectivity index (χ2v) is 7.60. The lowest BCUT2D eigenvalue weighted by molar-refractivity contribution is 0.0996. The maximum absolute atomic E-state index is 13.5. The quantitative estimate of drug-likeness (QED) is 0.487. The van der Waals surface area contributed by atoms with Crippen molar-refractivity contribution in [2.24, 2.45) is 11.5 Å². The normalized spacial score (nSPS) is 11.1. The minimum absolute atomic E-state index is 0.0339. The predicted octanol–water partition coefficient (Wildman–Crippen LogP) is 3.29. The molecular formula is C24H22FN5O2. The van der Waals surface area contributed by atoms with Crippen LogP contribution in [0.1, 0.15) is 37.8 Å². The van der Waals surface area contributed by atoms with Crippen LogP contribution in [0.25, 0.3) is 22.0 Å². The van der Waals surface area contributed by atoms with Crippen LogP contribution < -0.4 is 11.5 Å². The van der Waals surface area contributed by atoms with Crippen LogP contribution >= 0.6 is 0 Å². The van der Waals surface area contributed by atoms with Crippen molar-refractivity contribution in [2.45, 2.75) is 26.8 Å². The number of nitrogens with two attached hydrogens (primary N) is 2. The third-order valence-electron chi connectivity index (χ3n) is 5.51. The Morgan fingerprint density at radius 3 is 2.44 bits per heavy atom. The third-order valence-corrected chi connectivity index (χ3v) is 5.51. The van der Waals surface area contributed by atoms with Crippen molar-refractivity contribution in [3.8, 4) is 11.1 Å². The van der Waals surface area contributed by atoms with Gasteiger partial charge < -0.3 is 11.5 Å². The van der Waals surface area contributed by atoms with Crippen LogP contribution in [0.15, 0.2) is 48.5 Å². The van der Waals surface area contributed by atoms with E-state index in [1.165, 1.54) is 12.1 Å². The lowest BCUT2D eigenvalue weighted by atomic mass is 9.92. The number of hydrogen-bond acceptors (Lipinski definition) is 4. The molecule has 4 N–H and O–H groups in total. The molecule has 0 saturated carbocycles. The number of primary amides is 2.